The lowest BCUT2D eigenvalue weighted by atomic mass is 10.2. The first-order valence-corrected chi connectivity index (χ1v) is 4.90. The predicted octanol–water partition coefficient (Wildman–Crippen LogP) is 0.687. The lowest BCUT2D eigenvalue weighted by Gasteiger charge is -2.09. The number of hydrogen-bond acceptors (Lipinski definition) is 5. The van der Waals surface area contributed by atoms with Crippen LogP contribution in [-0.4, -0.2) is 21.9 Å². The van der Waals surface area contributed by atoms with Gasteiger partial charge in [0.1, 0.15) is 6.33 Å². The monoisotopic (exact) mass is 184 g/mol. The molecule has 1 atom stereocenters. The summed E-state index contributed by atoms with van der Waals surface area (Å²) in [7, 11) is 0. The van der Waals surface area contributed by atoms with E-state index in [4.69, 9.17) is 5.73 Å². The minimum atomic E-state index is 0.286. The summed E-state index contributed by atoms with van der Waals surface area (Å²) in [6.45, 7) is 0.819. The number of nitrogens with two attached hydrogens (primary N) is 1. The molecule has 1 heterocycles. The minimum Gasteiger partial charge on any atom is -0.359 e. The smallest absolute Gasteiger partial charge is 0.202 e. The summed E-state index contributed by atoms with van der Waals surface area (Å²) in [6, 6.07) is 0.286. The number of anilines is 1. The van der Waals surface area contributed by atoms with Crippen LogP contribution in [0.5, 0.6) is 0 Å². The third-order valence-electron chi connectivity index (χ3n) is 2.08. The van der Waals surface area contributed by atoms with Crippen molar-refractivity contribution in [3.8, 4) is 0 Å². The van der Waals surface area contributed by atoms with Crippen molar-refractivity contribution in [2.75, 3.05) is 11.9 Å². The summed E-state index contributed by atoms with van der Waals surface area (Å²) in [4.78, 5) is 4.01. The summed E-state index contributed by atoms with van der Waals surface area (Å²) >= 11 is 1.37. The maximum atomic E-state index is 5.89. The fraction of sp³-hybridized carbons (Fsp3) is 0.714. The zero-order chi connectivity index (χ0) is 8.39. The molecule has 1 aromatic rings. The van der Waals surface area contributed by atoms with E-state index in [1.54, 1.807) is 6.33 Å². The van der Waals surface area contributed by atoms with Gasteiger partial charge in [0.2, 0.25) is 5.13 Å². The van der Waals surface area contributed by atoms with E-state index in [2.05, 4.69) is 14.7 Å². The van der Waals surface area contributed by atoms with Crippen LogP contribution in [0.25, 0.3) is 0 Å². The van der Waals surface area contributed by atoms with Crippen LogP contribution >= 0.6 is 11.5 Å². The van der Waals surface area contributed by atoms with Crippen LogP contribution in [0.3, 0.4) is 0 Å². The molecule has 1 saturated carbocycles. The van der Waals surface area contributed by atoms with Crippen LogP contribution in [0.4, 0.5) is 5.13 Å². The molecule has 0 saturated heterocycles. The van der Waals surface area contributed by atoms with Gasteiger partial charge in [0.25, 0.3) is 0 Å². The van der Waals surface area contributed by atoms with Gasteiger partial charge in [0.05, 0.1) is 0 Å². The molecule has 2 rings (SSSR count). The summed E-state index contributed by atoms with van der Waals surface area (Å²) in [5.74, 6) is 0.741. The molecule has 0 amide bonds. The highest BCUT2D eigenvalue weighted by atomic mass is 32.1. The first-order valence-electron chi connectivity index (χ1n) is 4.12. The van der Waals surface area contributed by atoms with Crippen LogP contribution in [0.1, 0.15) is 12.8 Å². The van der Waals surface area contributed by atoms with Crippen LogP contribution in [0, 0.1) is 5.92 Å². The van der Waals surface area contributed by atoms with Gasteiger partial charge in [0.15, 0.2) is 0 Å². The average molecular weight is 184 g/mol. The first-order chi connectivity index (χ1) is 5.86. The molecule has 0 bridgehead atoms. The van der Waals surface area contributed by atoms with E-state index in [0.29, 0.717) is 0 Å². The molecule has 66 valence electrons. The van der Waals surface area contributed by atoms with Crippen molar-refractivity contribution in [1.29, 1.82) is 0 Å². The zero-order valence-electron chi connectivity index (χ0n) is 6.73. The van der Waals surface area contributed by atoms with Crippen LogP contribution < -0.4 is 11.1 Å². The van der Waals surface area contributed by atoms with Crippen molar-refractivity contribution >= 4 is 16.7 Å². The molecule has 4 nitrogen and oxygen atoms in total. The van der Waals surface area contributed by atoms with E-state index in [1.165, 1.54) is 24.4 Å². The number of rotatable bonds is 4. The first kappa shape index (κ1) is 7.94. The molecular formula is C7H12N4S. The van der Waals surface area contributed by atoms with Crippen molar-refractivity contribution in [1.82, 2.24) is 9.36 Å². The Morgan fingerprint density at radius 3 is 3.17 bits per heavy atom. The summed E-state index contributed by atoms with van der Waals surface area (Å²) in [6.07, 6.45) is 4.13. The van der Waals surface area contributed by atoms with Gasteiger partial charge >= 0.3 is 0 Å². The molecule has 3 N–H and O–H groups in total. The van der Waals surface area contributed by atoms with Gasteiger partial charge in [-0.25, -0.2) is 4.98 Å². The highest BCUT2D eigenvalue weighted by Gasteiger charge is 2.28. The Kier molecular flexibility index (Phi) is 2.23. The predicted molar refractivity (Wildman–Crippen MR) is 49.1 cm³/mol. The third kappa shape index (κ3) is 1.92. The fourth-order valence-corrected chi connectivity index (χ4v) is 1.58. The maximum Gasteiger partial charge on any atom is 0.202 e. The molecule has 0 aromatic carbocycles. The molecule has 0 radical (unpaired) electrons. The third-order valence-corrected chi connectivity index (χ3v) is 2.70. The van der Waals surface area contributed by atoms with E-state index >= 15 is 0 Å². The van der Waals surface area contributed by atoms with Gasteiger partial charge in [-0.3, -0.25) is 0 Å². The molecule has 1 aliphatic rings. The molecule has 0 spiro atoms. The molecule has 1 aromatic heterocycles. The molecule has 1 aliphatic carbocycles. The van der Waals surface area contributed by atoms with Gasteiger partial charge in [-0.05, 0) is 18.8 Å². The average Bonchev–Trinajstić information content (AvgIpc) is 2.80. The zero-order valence-corrected chi connectivity index (χ0v) is 7.55. The molecule has 1 unspecified atom stereocenters. The van der Waals surface area contributed by atoms with Gasteiger partial charge in [-0.2, -0.15) is 4.37 Å². The Hall–Kier alpha value is -0.680. The van der Waals surface area contributed by atoms with E-state index in [0.717, 1.165) is 17.6 Å². The van der Waals surface area contributed by atoms with Gasteiger partial charge in [-0.1, -0.05) is 0 Å². The quantitative estimate of drug-likeness (QED) is 0.722. The van der Waals surface area contributed by atoms with Gasteiger partial charge in [-0.15, -0.1) is 0 Å². The largest absolute Gasteiger partial charge is 0.359 e. The Morgan fingerprint density at radius 1 is 1.75 bits per heavy atom. The summed E-state index contributed by atoms with van der Waals surface area (Å²) in [5, 5.41) is 4.03. The van der Waals surface area contributed by atoms with Crippen LogP contribution in [-0.2, 0) is 0 Å². The lowest BCUT2D eigenvalue weighted by Crippen LogP contribution is -2.30. The highest BCUT2D eigenvalue weighted by molar-refractivity contribution is 7.09. The fourth-order valence-electron chi connectivity index (χ4n) is 1.15. The molecule has 12 heavy (non-hydrogen) atoms. The summed E-state index contributed by atoms with van der Waals surface area (Å²) in [5.41, 5.74) is 5.89. The highest BCUT2D eigenvalue weighted by Crippen LogP contribution is 2.31. The number of hydrogen-bond donors (Lipinski definition) is 2. The van der Waals surface area contributed by atoms with Crippen LogP contribution in [0.2, 0.25) is 0 Å². The second-order valence-electron chi connectivity index (χ2n) is 3.13. The molecule has 0 aliphatic heterocycles. The normalized spacial score (nSPS) is 19.1. The lowest BCUT2D eigenvalue weighted by molar-refractivity contribution is 0.621. The van der Waals surface area contributed by atoms with E-state index in [-0.39, 0.29) is 6.04 Å². The summed E-state index contributed by atoms with van der Waals surface area (Å²) < 4.78 is 3.89. The topological polar surface area (TPSA) is 63.8 Å². The second kappa shape index (κ2) is 3.37. The number of aromatic nitrogens is 2. The molecule has 5 heteroatoms. The van der Waals surface area contributed by atoms with Gasteiger partial charge in [0, 0.05) is 24.1 Å². The van der Waals surface area contributed by atoms with Crippen molar-refractivity contribution in [3.63, 3.8) is 0 Å². The standard InChI is InChI=1S/C7H12N4S/c8-6(5-1-2-5)3-9-7-10-4-11-12-7/h4-6H,1-3,8H2,(H,9,10,11). The van der Waals surface area contributed by atoms with E-state index < -0.39 is 0 Å². The van der Waals surface area contributed by atoms with Crippen molar-refractivity contribution < 1.29 is 0 Å². The SMILES string of the molecule is NC(CNc1ncns1)C1CC1. The number of nitrogens with one attached hydrogen (secondary N) is 1. The van der Waals surface area contributed by atoms with E-state index in [1.807, 2.05) is 0 Å². The van der Waals surface area contributed by atoms with Gasteiger partial charge < -0.3 is 11.1 Å². The second-order valence-corrected chi connectivity index (χ2v) is 3.91. The maximum absolute atomic E-state index is 5.89. The van der Waals surface area contributed by atoms with Crippen molar-refractivity contribution in [2.45, 2.75) is 18.9 Å². The Labute approximate surface area is 75.4 Å². The molecular weight excluding hydrogens is 172 g/mol. The Bertz CT molecular complexity index is 232. The van der Waals surface area contributed by atoms with Crippen molar-refractivity contribution in [3.05, 3.63) is 6.33 Å². The van der Waals surface area contributed by atoms with E-state index in [9.17, 15) is 0 Å². The van der Waals surface area contributed by atoms with Crippen molar-refractivity contribution in [2.24, 2.45) is 11.7 Å². The minimum absolute atomic E-state index is 0.286. The number of nitrogens with zero attached hydrogens (tertiary/aromatic N) is 2. The molecule has 1 fully saturated rings. The van der Waals surface area contributed by atoms with Crippen LogP contribution in [0.15, 0.2) is 6.33 Å². The Morgan fingerprint density at radius 2 is 2.58 bits per heavy atom. The Balaban J connectivity index is 1.74.